The Bertz CT molecular complexity index is 640. The minimum Gasteiger partial charge on any atom is -0.384 e. The molecule has 0 saturated heterocycles. The molecule has 1 fully saturated rings. The van der Waals surface area contributed by atoms with Crippen LogP contribution in [0.3, 0.4) is 0 Å². The van der Waals surface area contributed by atoms with Gasteiger partial charge < -0.3 is 10.0 Å². The van der Waals surface area contributed by atoms with E-state index in [1.54, 1.807) is 11.3 Å². The summed E-state index contributed by atoms with van der Waals surface area (Å²) in [6.07, 6.45) is 4.06. The largest absolute Gasteiger partial charge is 0.384 e. The van der Waals surface area contributed by atoms with E-state index >= 15 is 0 Å². The molecule has 1 aromatic heterocycles. The van der Waals surface area contributed by atoms with Gasteiger partial charge >= 0.3 is 0 Å². The van der Waals surface area contributed by atoms with E-state index in [0.29, 0.717) is 5.92 Å². The van der Waals surface area contributed by atoms with Crippen molar-refractivity contribution < 1.29 is 5.11 Å². The number of halogens is 1. The van der Waals surface area contributed by atoms with Gasteiger partial charge in [-0.05, 0) is 74.8 Å². The molecular formula is C20H26ClNOS. The maximum atomic E-state index is 11.4. The van der Waals surface area contributed by atoms with Gasteiger partial charge in [0.2, 0.25) is 0 Å². The second-order valence-corrected chi connectivity index (χ2v) is 8.72. The first kappa shape index (κ1) is 17.9. The van der Waals surface area contributed by atoms with Crippen LogP contribution in [0.25, 0.3) is 0 Å². The van der Waals surface area contributed by atoms with E-state index in [4.69, 9.17) is 11.6 Å². The van der Waals surface area contributed by atoms with Gasteiger partial charge in [-0.15, -0.1) is 11.3 Å². The third kappa shape index (κ3) is 4.02. The van der Waals surface area contributed by atoms with Gasteiger partial charge in [0.1, 0.15) is 5.60 Å². The highest BCUT2D eigenvalue weighted by Crippen LogP contribution is 2.46. The van der Waals surface area contributed by atoms with Gasteiger partial charge in [0.25, 0.3) is 0 Å². The highest BCUT2D eigenvalue weighted by atomic mass is 35.5. The molecule has 2 aromatic rings. The van der Waals surface area contributed by atoms with Crippen LogP contribution in [0.1, 0.15) is 29.7 Å². The van der Waals surface area contributed by atoms with Gasteiger partial charge in [-0.2, -0.15) is 0 Å². The van der Waals surface area contributed by atoms with Crippen LogP contribution in [0.2, 0.25) is 5.02 Å². The minimum absolute atomic E-state index is 0.275. The van der Waals surface area contributed by atoms with Gasteiger partial charge in [-0.3, -0.25) is 0 Å². The molecule has 3 unspecified atom stereocenters. The van der Waals surface area contributed by atoms with Crippen LogP contribution in [0, 0.1) is 11.8 Å². The Morgan fingerprint density at radius 1 is 1.25 bits per heavy atom. The maximum Gasteiger partial charge on any atom is 0.103 e. The molecule has 130 valence electrons. The normalized spacial score (nSPS) is 27.5. The highest BCUT2D eigenvalue weighted by Gasteiger charge is 2.44. The minimum atomic E-state index is -0.672. The van der Waals surface area contributed by atoms with Crippen molar-refractivity contribution in [2.75, 3.05) is 20.6 Å². The molecule has 0 aliphatic heterocycles. The molecule has 1 aliphatic carbocycles. The Labute approximate surface area is 154 Å². The Morgan fingerprint density at radius 3 is 2.62 bits per heavy atom. The highest BCUT2D eigenvalue weighted by molar-refractivity contribution is 7.10. The predicted octanol–water partition coefficient (Wildman–Crippen LogP) is 4.81. The first-order chi connectivity index (χ1) is 11.5. The van der Waals surface area contributed by atoms with Crippen molar-refractivity contribution in [2.45, 2.75) is 31.3 Å². The third-order valence-corrected chi connectivity index (χ3v) is 6.49. The van der Waals surface area contributed by atoms with Crippen LogP contribution in [-0.2, 0) is 12.0 Å². The first-order valence-electron chi connectivity index (χ1n) is 8.63. The summed E-state index contributed by atoms with van der Waals surface area (Å²) in [5.74, 6) is 0.897. The summed E-state index contributed by atoms with van der Waals surface area (Å²) >= 11 is 7.67. The van der Waals surface area contributed by atoms with Crippen molar-refractivity contribution >= 4 is 22.9 Å². The van der Waals surface area contributed by atoms with E-state index < -0.39 is 5.60 Å². The molecule has 3 rings (SSSR count). The van der Waals surface area contributed by atoms with Crippen molar-refractivity contribution in [1.29, 1.82) is 0 Å². The second kappa shape index (κ2) is 7.57. The molecule has 1 saturated carbocycles. The fraction of sp³-hybridized carbons (Fsp3) is 0.500. The molecule has 1 N–H and O–H groups in total. The molecule has 0 bridgehead atoms. The zero-order valence-electron chi connectivity index (χ0n) is 14.4. The Balaban J connectivity index is 1.74. The van der Waals surface area contributed by atoms with Crippen LogP contribution in [0.15, 0.2) is 41.8 Å². The zero-order chi connectivity index (χ0) is 17.2. The summed E-state index contributed by atoms with van der Waals surface area (Å²) < 4.78 is 0. The quantitative estimate of drug-likeness (QED) is 0.824. The molecule has 0 amide bonds. The van der Waals surface area contributed by atoms with Crippen molar-refractivity contribution in [1.82, 2.24) is 4.90 Å². The van der Waals surface area contributed by atoms with Crippen molar-refractivity contribution in [3.05, 3.63) is 57.2 Å². The van der Waals surface area contributed by atoms with Crippen molar-refractivity contribution in [3.8, 4) is 0 Å². The average Bonchev–Trinajstić information content (AvgIpc) is 3.08. The smallest absolute Gasteiger partial charge is 0.103 e. The Hall–Kier alpha value is -0.870. The van der Waals surface area contributed by atoms with Crippen LogP contribution in [0.4, 0.5) is 0 Å². The number of hydrogen-bond acceptors (Lipinski definition) is 3. The SMILES string of the molecule is CN(C)CC1CC(Cc2ccc(Cl)cc2)CCC1(O)c1cccs1. The molecule has 24 heavy (non-hydrogen) atoms. The molecule has 1 aliphatic rings. The van der Waals surface area contributed by atoms with Gasteiger partial charge in [-0.1, -0.05) is 29.8 Å². The summed E-state index contributed by atoms with van der Waals surface area (Å²) in [4.78, 5) is 3.33. The lowest BCUT2D eigenvalue weighted by atomic mass is 9.68. The lowest BCUT2D eigenvalue weighted by Gasteiger charge is -2.44. The lowest BCUT2D eigenvalue weighted by molar-refractivity contribution is -0.0724. The molecule has 2 nitrogen and oxygen atoms in total. The summed E-state index contributed by atoms with van der Waals surface area (Å²) in [7, 11) is 4.19. The maximum absolute atomic E-state index is 11.4. The molecule has 1 aromatic carbocycles. The van der Waals surface area contributed by atoms with E-state index in [2.05, 4.69) is 42.6 Å². The van der Waals surface area contributed by atoms with Gasteiger partial charge in [0.15, 0.2) is 0 Å². The molecule has 1 heterocycles. The van der Waals surface area contributed by atoms with Gasteiger partial charge in [0.05, 0.1) is 0 Å². The summed E-state index contributed by atoms with van der Waals surface area (Å²) in [6.45, 7) is 0.922. The standard InChI is InChI=1S/C20H26ClNOS/c1-22(2)14-17-13-16(12-15-5-7-18(21)8-6-15)9-10-20(17,23)19-4-3-11-24-19/h3-8,11,16-17,23H,9-10,12-14H2,1-2H3. The fourth-order valence-electron chi connectivity index (χ4n) is 4.00. The van der Waals surface area contributed by atoms with E-state index in [9.17, 15) is 5.11 Å². The average molecular weight is 364 g/mol. The van der Waals surface area contributed by atoms with E-state index in [1.807, 2.05) is 18.2 Å². The van der Waals surface area contributed by atoms with Crippen LogP contribution >= 0.6 is 22.9 Å². The molecular weight excluding hydrogens is 338 g/mol. The summed E-state index contributed by atoms with van der Waals surface area (Å²) in [6, 6.07) is 12.3. The molecule has 0 radical (unpaired) electrons. The first-order valence-corrected chi connectivity index (χ1v) is 9.88. The number of rotatable bonds is 5. The van der Waals surface area contributed by atoms with Gasteiger partial charge in [0, 0.05) is 22.4 Å². The third-order valence-electron chi connectivity index (χ3n) is 5.20. The lowest BCUT2D eigenvalue weighted by Crippen LogP contribution is -2.45. The van der Waals surface area contributed by atoms with Crippen molar-refractivity contribution in [2.24, 2.45) is 11.8 Å². The summed E-state index contributed by atoms with van der Waals surface area (Å²) in [5.41, 5.74) is 0.670. The summed E-state index contributed by atoms with van der Waals surface area (Å²) in [5, 5.41) is 14.3. The predicted molar refractivity (Wildman–Crippen MR) is 103 cm³/mol. The second-order valence-electron chi connectivity index (χ2n) is 7.33. The molecule has 4 heteroatoms. The monoisotopic (exact) mass is 363 g/mol. The zero-order valence-corrected chi connectivity index (χ0v) is 16.0. The Morgan fingerprint density at radius 2 is 2.00 bits per heavy atom. The number of thiophene rings is 1. The van der Waals surface area contributed by atoms with Crippen LogP contribution < -0.4 is 0 Å². The van der Waals surface area contributed by atoms with E-state index in [1.165, 1.54) is 5.56 Å². The molecule has 0 spiro atoms. The van der Waals surface area contributed by atoms with Crippen molar-refractivity contribution in [3.63, 3.8) is 0 Å². The fourth-order valence-corrected chi connectivity index (χ4v) is 5.06. The number of benzene rings is 1. The van der Waals surface area contributed by atoms with E-state index in [-0.39, 0.29) is 5.92 Å². The van der Waals surface area contributed by atoms with Crippen LogP contribution in [0.5, 0.6) is 0 Å². The number of aliphatic hydroxyl groups is 1. The topological polar surface area (TPSA) is 23.5 Å². The number of nitrogens with zero attached hydrogens (tertiary/aromatic N) is 1. The van der Waals surface area contributed by atoms with Crippen LogP contribution in [-0.4, -0.2) is 30.6 Å². The van der Waals surface area contributed by atoms with E-state index in [0.717, 1.165) is 42.1 Å². The van der Waals surface area contributed by atoms with Gasteiger partial charge in [-0.25, -0.2) is 0 Å². The Kier molecular flexibility index (Phi) is 5.66. The molecule has 3 atom stereocenters. The number of hydrogen-bond donors (Lipinski definition) is 1.